The van der Waals surface area contributed by atoms with E-state index < -0.39 is 17.7 Å². The van der Waals surface area contributed by atoms with Gasteiger partial charge < -0.3 is 5.11 Å². The molecule has 0 aromatic heterocycles. The van der Waals surface area contributed by atoms with Crippen LogP contribution in [-0.2, 0) is 0 Å². The van der Waals surface area contributed by atoms with Gasteiger partial charge in [-0.15, -0.1) is 0 Å². The molecule has 17 heavy (non-hydrogen) atoms. The van der Waals surface area contributed by atoms with Crippen molar-refractivity contribution in [3.05, 3.63) is 35.4 Å². The zero-order valence-electron chi connectivity index (χ0n) is 9.84. The molecule has 0 saturated carbocycles. The second-order valence-electron chi connectivity index (χ2n) is 3.94. The van der Waals surface area contributed by atoms with Crippen molar-refractivity contribution in [1.29, 1.82) is 0 Å². The van der Waals surface area contributed by atoms with Crippen molar-refractivity contribution in [2.75, 3.05) is 0 Å². The Bertz CT molecular complexity index is 398. The van der Waals surface area contributed by atoms with Crippen molar-refractivity contribution in [3.63, 3.8) is 0 Å². The summed E-state index contributed by atoms with van der Waals surface area (Å²) in [5.74, 6) is 3.84. The number of unbranched alkanes of at least 4 members (excludes halogenated alkanes) is 2. The van der Waals surface area contributed by atoms with Gasteiger partial charge in [-0.25, -0.2) is 8.78 Å². The first-order chi connectivity index (χ1) is 8.11. The molecule has 92 valence electrons. The minimum absolute atomic E-state index is 0.247. The average Bonchev–Trinajstić information content (AvgIpc) is 2.25. The Hall–Kier alpha value is -1.40. The van der Waals surface area contributed by atoms with Crippen LogP contribution in [0.1, 0.15) is 38.2 Å². The van der Waals surface area contributed by atoms with Crippen LogP contribution in [0.2, 0.25) is 0 Å². The maximum absolute atomic E-state index is 12.8. The highest BCUT2D eigenvalue weighted by molar-refractivity contribution is 5.35. The second-order valence-corrected chi connectivity index (χ2v) is 3.94. The Kier molecular flexibility index (Phi) is 5.65. The number of aliphatic hydroxyl groups excluding tert-OH is 1. The van der Waals surface area contributed by atoms with Gasteiger partial charge in [0.05, 0.1) is 0 Å². The molecule has 0 aliphatic rings. The van der Waals surface area contributed by atoms with E-state index in [-0.39, 0.29) is 5.56 Å². The van der Waals surface area contributed by atoms with Crippen molar-refractivity contribution in [1.82, 2.24) is 0 Å². The fourth-order valence-corrected chi connectivity index (χ4v) is 1.45. The van der Waals surface area contributed by atoms with Gasteiger partial charge in [-0.3, -0.25) is 0 Å². The van der Waals surface area contributed by atoms with E-state index in [1.54, 1.807) is 0 Å². The smallest absolute Gasteiger partial charge is 0.127 e. The van der Waals surface area contributed by atoms with Gasteiger partial charge in [-0.1, -0.05) is 31.6 Å². The lowest BCUT2D eigenvalue weighted by Gasteiger charge is -2.01. The SMILES string of the molecule is CCCCCC(O)C#Cc1cc(F)cc(F)c1. The highest BCUT2D eigenvalue weighted by Gasteiger charge is 2.00. The summed E-state index contributed by atoms with van der Waals surface area (Å²) in [6, 6.07) is 3.09. The van der Waals surface area contributed by atoms with Crippen LogP contribution in [0.4, 0.5) is 8.78 Å². The quantitative estimate of drug-likeness (QED) is 0.630. The van der Waals surface area contributed by atoms with Crippen LogP contribution >= 0.6 is 0 Å². The van der Waals surface area contributed by atoms with Crippen molar-refractivity contribution < 1.29 is 13.9 Å². The molecule has 1 rings (SSSR count). The van der Waals surface area contributed by atoms with E-state index >= 15 is 0 Å². The summed E-state index contributed by atoms with van der Waals surface area (Å²) in [4.78, 5) is 0. The molecule has 0 amide bonds. The van der Waals surface area contributed by atoms with E-state index in [0.717, 1.165) is 37.5 Å². The lowest BCUT2D eigenvalue weighted by molar-refractivity contribution is 0.217. The summed E-state index contributed by atoms with van der Waals surface area (Å²) in [5, 5.41) is 9.51. The summed E-state index contributed by atoms with van der Waals surface area (Å²) in [6.45, 7) is 2.08. The molecule has 0 aliphatic heterocycles. The van der Waals surface area contributed by atoms with E-state index in [1.807, 2.05) is 0 Å². The summed E-state index contributed by atoms with van der Waals surface area (Å²) in [7, 11) is 0. The molecule has 0 bridgehead atoms. The van der Waals surface area contributed by atoms with Gasteiger partial charge in [0.1, 0.15) is 17.7 Å². The standard InChI is InChI=1S/C14H16F2O/c1-2-3-4-5-14(17)7-6-11-8-12(15)10-13(16)9-11/h8-10,14,17H,2-5H2,1H3. The molecular formula is C14H16F2O. The van der Waals surface area contributed by atoms with Gasteiger partial charge >= 0.3 is 0 Å². The molecule has 0 aliphatic carbocycles. The largest absolute Gasteiger partial charge is 0.380 e. The zero-order chi connectivity index (χ0) is 12.7. The molecule has 0 saturated heterocycles. The molecule has 0 fully saturated rings. The van der Waals surface area contributed by atoms with Gasteiger partial charge in [0.25, 0.3) is 0 Å². The maximum Gasteiger partial charge on any atom is 0.127 e. The molecule has 3 heteroatoms. The van der Waals surface area contributed by atoms with Gasteiger partial charge in [-0.2, -0.15) is 0 Å². The van der Waals surface area contributed by atoms with E-state index in [4.69, 9.17) is 0 Å². The number of rotatable bonds is 4. The fourth-order valence-electron chi connectivity index (χ4n) is 1.45. The van der Waals surface area contributed by atoms with Gasteiger partial charge in [-0.05, 0) is 25.0 Å². The summed E-state index contributed by atoms with van der Waals surface area (Å²) < 4.78 is 25.7. The lowest BCUT2D eigenvalue weighted by Crippen LogP contribution is -2.02. The number of hydrogen-bond acceptors (Lipinski definition) is 1. The summed E-state index contributed by atoms with van der Waals surface area (Å²) >= 11 is 0. The van der Waals surface area contributed by atoms with E-state index in [9.17, 15) is 13.9 Å². The molecule has 0 radical (unpaired) electrons. The van der Waals surface area contributed by atoms with Crippen LogP contribution in [0, 0.1) is 23.5 Å². The lowest BCUT2D eigenvalue weighted by atomic mass is 10.1. The van der Waals surface area contributed by atoms with Crippen LogP contribution in [-0.4, -0.2) is 11.2 Å². The van der Waals surface area contributed by atoms with Gasteiger partial charge in [0.2, 0.25) is 0 Å². The molecule has 0 spiro atoms. The van der Waals surface area contributed by atoms with Crippen LogP contribution in [0.5, 0.6) is 0 Å². The van der Waals surface area contributed by atoms with E-state index in [2.05, 4.69) is 18.8 Å². The average molecular weight is 238 g/mol. The first-order valence-corrected chi connectivity index (χ1v) is 5.77. The van der Waals surface area contributed by atoms with Crippen LogP contribution in [0.25, 0.3) is 0 Å². The minimum atomic E-state index is -0.729. The Balaban J connectivity index is 2.58. The first-order valence-electron chi connectivity index (χ1n) is 5.77. The Morgan fingerprint density at radius 2 is 1.82 bits per heavy atom. The highest BCUT2D eigenvalue weighted by atomic mass is 19.1. The molecule has 1 unspecified atom stereocenters. The van der Waals surface area contributed by atoms with Crippen molar-refractivity contribution in [3.8, 4) is 11.8 Å². The van der Waals surface area contributed by atoms with Crippen LogP contribution in [0.15, 0.2) is 18.2 Å². The molecule has 1 aromatic carbocycles. The fraction of sp³-hybridized carbons (Fsp3) is 0.429. The van der Waals surface area contributed by atoms with E-state index in [0.29, 0.717) is 6.42 Å². The number of halogens is 2. The second kappa shape index (κ2) is 7.03. The zero-order valence-corrected chi connectivity index (χ0v) is 9.84. The van der Waals surface area contributed by atoms with Crippen LogP contribution in [0.3, 0.4) is 0 Å². The van der Waals surface area contributed by atoms with Crippen molar-refractivity contribution in [2.45, 2.75) is 38.7 Å². The third-order valence-electron chi connectivity index (χ3n) is 2.33. The van der Waals surface area contributed by atoms with Crippen LogP contribution < -0.4 is 0 Å². The predicted molar refractivity (Wildman–Crippen MR) is 63.4 cm³/mol. The minimum Gasteiger partial charge on any atom is -0.380 e. The van der Waals surface area contributed by atoms with Crippen molar-refractivity contribution >= 4 is 0 Å². The Morgan fingerprint density at radius 3 is 2.41 bits per heavy atom. The molecule has 1 aromatic rings. The highest BCUT2D eigenvalue weighted by Crippen LogP contribution is 2.07. The normalized spacial score (nSPS) is 11.8. The monoisotopic (exact) mass is 238 g/mol. The van der Waals surface area contributed by atoms with Gasteiger partial charge in [0, 0.05) is 11.6 Å². The number of aliphatic hydroxyl groups is 1. The number of hydrogen-bond donors (Lipinski definition) is 1. The molecule has 1 N–H and O–H groups in total. The third kappa shape index (κ3) is 5.46. The first kappa shape index (κ1) is 13.7. The summed E-state index contributed by atoms with van der Waals surface area (Å²) in [5.41, 5.74) is 0.247. The number of benzene rings is 1. The Morgan fingerprint density at radius 1 is 1.18 bits per heavy atom. The maximum atomic E-state index is 12.8. The topological polar surface area (TPSA) is 20.2 Å². The Labute approximate surface area is 100 Å². The molecule has 1 atom stereocenters. The summed E-state index contributed by atoms with van der Waals surface area (Å²) in [6.07, 6.45) is 2.90. The molecule has 1 nitrogen and oxygen atoms in total. The third-order valence-corrected chi connectivity index (χ3v) is 2.33. The van der Waals surface area contributed by atoms with Crippen molar-refractivity contribution in [2.24, 2.45) is 0 Å². The van der Waals surface area contributed by atoms with E-state index in [1.165, 1.54) is 0 Å². The molecule has 0 heterocycles. The predicted octanol–water partition coefficient (Wildman–Crippen LogP) is 3.26. The molecular weight excluding hydrogens is 222 g/mol. The van der Waals surface area contributed by atoms with Gasteiger partial charge in [0.15, 0.2) is 0 Å².